The van der Waals surface area contributed by atoms with Crippen LogP contribution in [-0.4, -0.2) is 6.61 Å². The number of hydrogen-bond acceptors (Lipinski definition) is 2. The number of rotatable bonds is 17. The van der Waals surface area contributed by atoms with Gasteiger partial charge in [-0.2, -0.15) is 5.26 Å². The van der Waals surface area contributed by atoms with Crippen molar-refractivity contribution in [2.24, 2.45) is 5.41 Å². The molecule has 0 unspecified atom stereocenters. The van der Waals surface area contributed by atoms with Crippen molar-refractivity contribution in [2.45, 2.75) is 129 Å². The Bertz CT molecular complexity index is 917. The van der Waals surface area contributed by atoms with Crippen LogP contribution in [0, 0.1) is 16.7 Å². The molecule has 37 heavy (non-hydrogen) atoms. The lowest BCUT2D eigenvalue weighted by Gasteiger charge is -2.36. The van der Waals surface area contributed by atoms with Crippen LogP contribution in [0.1, 0.15) is 134 Å². The molecule has 1 saturated carbocycles. The molecule has 0 radical (unpaired) electrons. The highest BCUT2D eigenvalue weighted by Gasteiger charge is 2.35. The minimum absolute atomic E-state index is 0.0929. The summed E-state index contributed by atoms with van der Waals surface area (Å²) in [5.74, 6) is 1.52. The van der Waals surface area contributed by atoms with Gasteiger partial charge < -0.3 is 4.74 Å². The third-order valence-corrected chi connectivity index (χ3v) is 8.52. The van der Waals surface area contributed by atoms with Gasteiger partial charge in [0, 0.05) is 0 Å². The molecule has 0 bridgehead atoms. The normalized spacial score (nSPS) is 19.4. The van der Waals surface area contributed by atoms with E-state index in [4.69, 9.17) is 4.74 Å². The molecule has 2 heteroatoms. The molecule has 2 nitrogen and oxygen atoms in total. The standard InChI is InChI=1S/C35H51NO/c1-3-5-7-9-10-11-15-25-35(29-36)26-23-31(24-27-35)34-18-14-13-17-33(34)30-19-21-32(22-20-30)37-28-16-12-8-6-4-2/h13-14,17-22,31H,3-12,15-16,23-28H2,1-2H3. The fourth-order valence-electron chi connectivity index (χ4n) is 6.06. The van der Waals surface area contributed by atoms with E-state index >= 15 is 0 Å². The van der Waals surface area contributed by atoms with Gasteiger partial charge in [-0.15, -0.1) is 0 Å². The molecular weight excluding hydrogens is 450 g/mol. The van der Waals surface area contributed by atoms with Gasteiger partial charge in [0.15, 0.2) is 0 Å². The number of nitrogens with zero attached hydrogens (tertiary/aromatic N) is 1. The summed E-state index contributed by atoms with van der Waals surface area (Å²) >= 11 is 0. The summed E-state index contributed by atoms with van der Waals surface area (Å²) in [6, 6.07) is 20.4. The van der Waals surface area contributed by atoms with Crippen molar-refractivity contribution in [3.8, 4) is 22.9 Å². The number of benzene rings is 2. The molecule has 0 aromatic heterocycles. The summed E-state index contributed by atoms with van der Waals surface area (Å²) in [4.78, 5) is 0. The highest BCUT2D eigenvalue weighted by Crippen LogP contribution is 2.47. The first-order valence-electron chi connectivity index (χ1n) is 15.4. The molecule has 0 atom stereocenters. The molecule has 0 saturated heterocycles. The van der Waals surface area contributed by atoms with Gasteiger partial charge in [0.1, 0.15) is 5.75 Å². The first kappa shape index (κ1) is 29.3. The zero-order valence-electron chi connectivity index (χ0n) is 23.8. The van der Waals surface area contributed by atoms with Crippen molar-refractivity contribution < 1.29 is 4.74 Å². The van der Waals surface area contributed by atoms with Crippen LogP contribution in [-0.2, 0) is 0 Å². The lowest BCUT2D eigenvalue weighted by atomic mass is 9.67. The first-order chi connectivity index (χ1) is 18.2. The molecule has 1 aliphatic rings. The Labute approximate surface area is 227 Å². The number of hydrogen-bond donors (Lipinski definition) is 0. The van der Waals surface area contributed by atoms with E-state index in [1.807, 2.05) is 0 Å². The average Bonchev–Trinajstić information content (AvgIpc) is 2.95. The highest BCUT2D eigenvalue weighted by molar-refractivity contribution is 5.68. The Morgan fingerprint density at radius 2 is 1.35 bits per heavy atom. The Hall–Kier alpha value is -2.27. The number of unbranched alkanes of at least 4 members (excludes halogenated alkanes) is 10. The molecule has 2 aromatic carbocycles. The second-order valence-electron chi connectivity index (χ2n) is 11.4. The lowest BCUT2D eigenvalue weighted by molar-refractivity contribution is 0.223. The maximum Gasteiger partial charge on any atom is 0.119 e. The van der Waals surface area contributed by atoms with Gasteiger partial charge in [0.05, 0.1) is 18.1 Å². The van der Waals surface area contributed by atoms with Gasteiger partial charge in [-0.3, -0.25) is 0 Å². The molecule has 0 heterocycles. The number of ether oxygens (including phenoxy) is 1. The van der Waals surface area contributed by atoms with Crippen molar-refractivity contribution in [1.82, 2.24) is 0 Å². The molecular formula is C35H51NO. The van der Waals surface area contributed by atoms with Crippen LogP contribution in [0.15, 0.2) is 48.5 Å². The van der Waals surface area contributed by atoms with E-state index < -0.39 is 0 Å². The van der Waals surface area contributed by atoms with Crippen molar-refractivity contribution in [3.05, 3.63) is 54.1 Å². The fourth-order valence-corrected chi connectivity index (χ4v) is 6.06. The van der Waals surface area contributed by atoms with E-state index in [0.717, 1.165) is 50.9 Å². The van der Waals surface area contributed by atoms with Crippen LogP contribution in [0.25, 0.3) is 11.1 Å². The van der Waals surface area contributed by atoms with Crippen LogP contribution < -0.4 is 4.74 Å². The van der Waals surface area contributed by atoms with Crippen LogP contribution in [0.4, 0.5) is 0 Å². The molecule has 3 rings (SSSR count). The van der Waals surface area contributed by atoms with E-state index in [-0.39, 0.29) is 5.41 Å². The SMILES string of the molecule is CCCCCCCCCC1(C#N)CCC(c2ccccc2-c2ccc(OCCCCCCC)cc2)CC1. The third-order valence-electron chi connectivity index (χ3n) is 8.52. The summed E-state index contributed by atoms with van der Waals surface area (Å²) in [5.41, 5.74) is 3.97. The van der Waals surface area contributed by atoms with E-state index in [1.54, 1.807) is 0 Å². The highest BCUT2D eigenvalue weighted by atomic mass is 16.5. The van der Waals surface area contributed by atoms with E-state index in [2.05, 4.69) is 68.4 Å². The van der Waals surface area contributed by atoms with Gasteiger partial charge in [-0.25, -0.2) is 0 Å². The molecule has 0 aliphatic heterocycles. The third kappa shape index (κ3) is 9.52. The monoisotopic (exact) mass is 501 g/mol. The Morgan fingerprint density at radius 3 is 2.00 bits per heavy atom. The molecule has 0 N–H and O–H groups in total. The summed E-state index contributed by atoms with van der Waals surface area (Å²) in [7, 11) is 0. The maximum atomic E-state index is 10.1. The van der Waals surface area contributed by atoms with Gasteiger partial charge in [-0.05, 0) is 73.3 Å². The smallest absolute Gasteiger partial charge is 0.119 e. The predicted molar refractivity (Wildman–Crippen MR) is 158 cm³/mol. The molecule has 0 spiro atoms. The van der Waals surface area contributed by atoms with E-state index in [9.17, 15) is 5.26 Å². The second-order valence-corrected chi connectivity index (χ2v) is 11.4. The molecule has 1 fully saturated rings. The largest absolute Gasteiger partial charge is 0.494 e. The quantitative estimate of drug-likeness (QED) is 0.202. The molecule has 1 aliphatic carbocycles. The van der Waals surface area contributed by atoms with E-state index in [1.165, 1.54) is 87.3 Å². The zero-order valence-corrected chi connectivity index (χ0v) is 23.8. The molecule has 202 valence electrons. The van der Waals surface area contributed by atoms with Gasteiger partial charge in [0.25, 0.3) is 0 Å². The Balaban J connectivity index is 1.51. The summed E-state index contributed by atoms with van der Waals surface area (Å²) in [6.45, 7) is 5.33. The van der Waals surface area contributed by atoms with Gasteiger partial charge in [-0.1, -0.05) is 121 Å². The van der Waals surface area contributed by atoms with Crippen LogP contribution >= 0.6 is 0 Å². The number of nitriles is 1. The minimum Gasteiger partial charge on any atom is -0.494 e. The van der Waals surface area contributed by atoms with E-state index in [0.29, 0.717) is 5.92 Å². The average molecular weight is 502 g/mol. The van der Waals surface area contributed by atoms with Gasteiger partial charge in [0.2, 0.25) is 0 Å². The Morgan fingerprint density at radius 1 is 0.757 bits per heavy atom. The Kier molecular flexibility index (Phi) is 13.1. The minimum atomic E-state index is -0.0929. The zero-order chi connectivity index (χ0) is 26.2. The van der Waals surface area contributed by atoms with Crippen molar-refractivity contribution in [1.29, 1.82) is 5.26 Å². The van der Waals surface area contributed by atoms with Crippen LogP contribution in [0.2, 0.25) is 0 Å². The van der Waals surface area contributed by atoms with Crippen molar-refractivity contribution in [3.63, 3.8) is 0 Å². The summed E-state index contributed by atoms with van der Waals surface area (Å²) in [6.07, 6.45) is 21.0. The predicted octanol–water partition coefficient (Wildman–Crippen LogP) is 11.0. The molecule has 0 amide bonds. The van der Waals surface area contributed by atoms with Crippen LogP contribution in [0.3, 0.4) is 0 Å². The molecule has 2 aromatic rings. The summed E-state index contributed by atoms with van der Waals surface area (Å²) < 4.78 is 5.99. The van der Waals surface area contributed by atoms with Gasteiger partial charge >= 0.3 is 0 Å². The lowest BCUT2D eigenvalue weighted by Crippen LogP contribution is -2.25. The van der Waals surface area contributed by atoms with Crippen molar-refractivity contribution in [2.75, 3.05) is 6.61 Å². The fraction of sp³-hybridized carbons (Fsp3) is 0.629. The maximum absolute atomic E-state index is 10.1. The summed E-state index contributed by atoms with van der Waals surface area (Å²) in [5, 5.41) is 10.1. The first-order valence-corrected chi connectivity index (χ1v) is 15.4. The second kappa shape index (κ2) is 16.5. The van der Waals surface area contributed by atoms with Crippen LogP contribution in [0.5, 0.6) is 5.75 Å². The van der Waals surface area contributed by atoms with Crippen molar-refractivity contribution >= 4 is 0 Å². The topological polar surface area (TPSA) is 33.0 Å².